The smallest absolute Gasteiger partial charge is 0.410 e. The molecule has 0 N–H and O–H groups in total. The Morgan fingerprint density at radius 2 is 1.84 bits per heavy atom. The van der Waals surface area contributed by atoms with Crippen LogP contribution >= 0.6 is 23.4 Å². The number of benzene rings is 2. The van der Waals surface area contributed by atoms with Gasteiger partial charge in [0.15, 0.2) is 0 Å². The van der Waals surface area contributed by atoms with Crippen LogP contribution < -0.4 is 10.6 Å². The van der Waals surface area contributed by atoms with Crippen LogP contribution in [0.4, 0.5) is 15.0 Å². The van der Waals surface area contributed by atoms with Gasteiger partial charge in [0.05, 0.1) is 23.2 Å². The van der Waals surface area contributed by atoms with Crippen molar-refractivity contribution in [2.24, 2.45) is 0 Å². The van der Waals surface area contributed by atoms with E-state index in [0.29, 0.717) is 49.3 Å². The molecule has 3 aromatic rings. The average Bonchev–Trinajstić information content (AvgIpc) is 3.07. The fraction of sp³-hybridized carbons (Fsp3) is 0.444. The largest absolute Gasteiger partial charge is 0.444 e. The summed E-state index contributed by atoms with van der Waals surface area (Å²) in [7, 11) is 1.63. The number of halogens is 2. The van der Waals surface area contributed by atoms with Crippen molar-refractivity contribution in [2.75, 3.05) is 43.9 Å². The molecule has 0 spiro atoms. The molecule has 2 aliphatic rings. The number of ether oxygens (including phenoxy) is 2. The molecule has 5 rings (SSSR count). The molecule has 1 amide bonds. The minimum absolute atomic E-state index is 0.196. The highest BCUT2D eigenvalue weighted by Crippen LogP contribution is 2.45. The van der Waals surface area contributed by atoms with Crippen LogP contribution in [-0.4, -0.2) is 71.3 Å². The van der Waals surface area contributed by atoms with Gasteiger partial charge in [-0.2, -0.15) is 4.98 Å². The van der Waals surface area contributed by atoms with E-state index in [1.807, 2.05) is 31.7 Å². The number of carbonyl (C=O) groups is 1. The lowest BCUT2D eigenvalue weighted by molar-refractivity contribution is 0.0240. The SMILES string of the molecule is CO[C@H]1CSc2c(-c3ccc(F)cc3)c(Cl)cc3c(N4CCN(C(=O)OC(C)(C)C)CC4)nc(=O)n(c23)C1. The Bertz CT molecular complexity index is 1430. The van der Waals surface area contributed by atoms with Gasteiger partial charge in [0.25, 0.3) is 0 Å². The van der Waals surface area contributed by atoms with Gasteiger partial charge in [-0.3, -0.25) is 4.57 Å². The predicted octanol–water partition coefficient (Wildman–Crippen LogP) is 5.03. The summed E-state index contributed by atoms with van der Waals surface area (Å²) in [6.07, 6.45) is -0.550. The minimum atomic E-state index is -0.574. The van der Waals surface area contributed by atoms with E-state index in [1.54, 1.807) is 40.5 Å². The molecular weight excluding hydrogens is 531 g/mol. The summed E-state index contributed by atoms with van der Waals surface area (Å²) < 4.78 is 26.5. The van der Waals surface area contributed by atoms with Crippen LogP contribution in [0.2, 0.25) is 5.02 Å². The zero-order valence-corrected chi connectivity index (χ0v) is 23.4. The summed E-state index contributed by atoms with van der Waals surface area (Å²) in [5.74, 6) is 0.818. The number of carbonyl (C=O) groups excluding carboxylic acids is 1. The van der Waals surface area contributed by atoms with Crippen molar-refractivity contribution in [3.63, 3.8) is 0 Å². The molecule has 11 heteroatoms. The first-order chi connectivity index (χ1) is 18.1. The average molecular weight is 561 g/mol. The highest BCUT2D eigenvalue weighted by molar-refractivity contribution is 7.99. The Balaban J connectivity index is 1.60. The topological polar surface area (TPSA) is 76.9 Å². The molecule has 0 aliphatic carbocycles. The molecular formula is C27H30ClFN4O4S. The second-order valence-corrected chi connectivity index (χ2v) is 11.9. The number of amides is 1. The van der Waals surface area contributed by atoms with Crippen molar-refractivity contribution >= 4 is 46.2 Å². The quantitative estimate of drug-likeness (QED) is 0.444. The molecule has 0 saturated carbocycles. The van der Waals surface area contributed by atoms with E-state index in [0.717, 1.165) is 26.9 Å². The zero-order valence-electron chi connectivity index (χ0n) is 21.8. The molecule has 3 heterocycles. The van der Waals surface area contributed by atoms with Crippen LogP contribution in [0.3, 0.4) is 0 Å². The standard InChI is InChI=1S/C27H30ClFN4O4S/c1-27(2,3)37-26(35)32-11-9-31(10-12-32)24-19-13-20(28)21(16-5-7-17(29)8-6-16)23-22(19)33(25(34)30-24)14-18(36-4)15-38-23/h5-8,13,18H,9-12,14-15H2,1-4H3/t18-/m1/s1. The molecule has 2 aliphatic heterocycles. The van der Waals surface area contributed by atoms with E-state index in [9.17, 15) is 14.0 Å². The predicted molar refractivity (Wildman–Crippen MR) is 148 cm³/mol. The first-order valence-corrected chi connectivity index (χ1v) is 13.8. The fourth-order valence-electron chi connectivity index (χ4n) is 4.80. The van der Waals surface area contributed by atoms with Crippen molar-refractivity contribution in [3.05, 3.63) is 51.7 Å². The van der Waals surface area contributed by atoms with Gasteiger partial charge in [-0.05, 0) is 44.5 Å². The van der Waals surface area contributed by atoms with Crippen molar-refractivity contribution in [1.82, 2.24) is 14.5 Å². The summed E-state index contributed by atoms with van der Waals surface area (Å²) in [6, 6.07) is 8.02. The monoisotopic (exact) mass is 560 g/mol. The molecule has 1 aromatic heterocycles. The maximum Gasteiger partial charge on any atom is 0.410 e. The summed E-state index contributed by atoms with van der Waals surface area (Å²) in [5, 5.41) is 1.24. The Kier molecular flexibility index (Phi) is 7.32. The molecule has 2 aromatic carbocycles. The minimum Gasteiger partial charge on any atom is -0.444 e. The Morgan fingerprint density at radius 1 is 1.16 bits per heavy atom. The van der Waals surface area contributed by atoms with Crippen molar-refractivity contribution in [3.8, 4) is 11.1 Å². The van der Waals surface area contributed by atoms with Gasteiger partial charge in [0.2, 0.25) is 0 Å². The van der Waals surface area contributed by atoms with Gasteiger partial charge in [0.1, 0.15) is 17.2 Å². The summed E-state index contributed by atoms with van der Waals surface area (Å²) in [6.45, 7) is 7.74. The number of methoxy groups -OCH3 is 1. The van der Waals surface area contributed by atoms with Crippen LogP contribution in [0.5, 0.6) is 0 Å². The Labute approximate surface area is 229 Å². The zero-order chi connectivity index (χ0) is 27.2. The maximum absolute atomic E-state index is 13.7. The maximum atomic E-state index is 13.7. The molecule has 0 radical (unpaired) electrons. The number of anilines is 1. The van der Waals surface area contributed by atoms with Crippen molar-refractivity contribution in [2.45, 2.75) is 43.9 Å². The molecule has 0 bridgehead atoms. The molecule has 38 heavy (non-hydrogen) atoms. The second kappa shape index (κ2) is 10.4. The van der Waals surface area contributed by atoms with E-state index in [1.165, 1.54) is 12.1 Å². The van der Waals surface area contributed by atoms with Gasteiger partial charge in [0, 0.05) is 54.9 Å². The highest BCUT2D eigenvalue weighted by atomic mass is 35.5. The van der Waals surface area contributed by atoms with E-state index in [-0.39, 0.29) is 23.7 Å². The number of hydrogen-bond donors (Lipinski definition) is 0. The first kappa shape index (κ1) is 26.8. The van der Waals surface area contributed by atoms with E-state index in [4.69, 9.17) is 21.1 Å². The van der Waals surface area contributed by atoms with Gasteiger partial charge < -0.3 is 19.3 Å². The van der Waals surface area contributed by atoms with E-state index in [2.05, 4.69) is 4.98 Å². The normalized spacial score (nSPS) is 18.0. The van der Waals surface area contributed by atoms with E-state index < -0.39 is 5.60 Å². The Morgan fingerprint density at radius 3 is 2.47 bits per heavy atom. The molecule has 202 valence electrons. The number of aromatic nitrogens is 2. The third kappa shape index (κ3) is 5.21. The lowest BCUT2D eigenvalue weighted by Gasteiger charge is -2.36. The van der Waals surface area contributed by atoms with Gasteiger partial charge in [-0.25, -0.2) is 14.0 Å². The van der Waals surface area contributed by atoms with Gasteiger partial charge >= 0.3 is 11.8 Å². The van der Waals surface area contributed by atoms with Crippen LogP contribution in [0.25, 0.3) is 22.0 Å². The number of thioether (sulfide) groups is 1. The summed E-state index contributed by atoms with van der Waals surface area (Å²) in [5.41, 5.74) is 1.31. The number of hydrogen-bond acceptors (Lipinski definition) is 7. The highest BCUT2D eigenvalue weighted by Gasteiger charge is 2.30. The van der Waals surface area contributed by atoms with Crippen molar-refractivity contribution < 1.29 is 18.7 Å². The number of rotatable bonds is 3. The Hall–Kier alpha value is -2.82. The molecule has 1 atom stereocenters. The lowest BCUT2D eigenvalue weighted by Crippen LogP contribution is -2.50. The van der Waals surface area contributed by atoms with E-state index >= 15 is 0 Å². The third-order valence-electron chi connectivity index (χ3n) is 6.65. The molecule has 1 fully saturated rings. The number of piperazine rings is 1. The first-order valence-electron chi connectivity index (χ1n) is 12.5. The lowest BCUT2D eigenvalue weighted by atomic mass is 10.0. The molecule has 1 saturated heterocycles. The molecule has 0 unspecified atom stereocenters. The fourth-order valence-corrected chi connectivity index (χ4v) is 6.49. The third-order valence-corrected chi connectivity index (χ3v) is 8.17. The van der Waals surface area contributed by atoms with Crippen LogP contribution in [0.1, 0.15) is 20.8 Å². The van der Waals surface area contributed by atoms with Crippen molar-refractivity contribution in [1.29, 1.82) is 0 Å². The second-order valence-electron chi connectivity index (χ2n) is 10.4. The summed E-state index contributed by atoms with van der Waals surface area (Å²) >= 11 is 8.47. The van der Waals surface area contributed by atoms with Gasteiger partial charge in [-0.1, -0.05) is 23.7 Å². The van der Waals surface area contributed by atoms with Crippen LogP contribution in [0, 0.1) is 5.82 Å². The van der Waals surface area contributed by atoms with Gasteiger partial charge in [-0.15, -0.1) is 11.8 Å². The van der Waals surface area contributed by atoms with Crippen LogP contribution in [0.15, 0.2) is 40.0 Å². The number of nitrogens with zero attached hydrogens (tertiary/aromatic N) is 4. The molecule has 8 nitrogen and oxygen atoms in total. The van der Waals surface area contributed by atoms with Crippen LogP contribution in [-0.2, 0) is 16.0 Å². The summed E-state index contributed by atoms with van der Waals surface area (Å²) in [4.78, 5) is 35.0.